The number of nitrogens with one attached hydrogen (secondary N) is 2. The fraction of sp³-hybridized carbons (Fsp3) is 0.250. The molecule has 1 aliphatic rings. The van der Waals surface area contributed by atoms with Crippen LogP contribution < -0.4 is 10.6 Å². The van der Waals surface area contributed by atoms with Gasteiger partial charge in [-0.05, 0) is 53.0 Å². The van der Waals surface area contributed by atoms with Gasteiger partial charge in [-0.25, -0.2) is 0 Å². The molecule has 9 heteroatoms. The van der Waals surface area contributed by atoms with Crippen LogP contribution in [-0.2, 0) is 19.1 Å². The maximum atomic E-state index is 12.9. The molecule has 2 N–H and O–H groups in total. The number of anilines is 1. The van der Waals surface area contributed by atoms with Crippen molar-refractivity contribution in [3.05, 3.63) is 74.2 Å². The Morgan fingerprint density at radius 1 is 1.18 bits per heavy atom. The average Bonchev–Trinajstić information content (AvgIpc) is 2.79. The molecule has 2 atom stereocenters. The fourth-order valence-corrected chi connectivity index (χ4v) is 4.94. The highest BCUT2D eigenvalue weighted by Gasteiger charge is 2.44. The molecule has 0 aliphatic carbocycles. The number of carbonyl (C=O) groups is 3. The number of methoxy groups -OCH3 is 1. The van der Waals surface area contributed by atoms with Gasteiger partial charge < -0.3 is 15.4 Å². The van der Waals surface area contributed by atoms with E-state index < -0.39 is 23.7 Å². The largest absolute Gasteiger partial charge is 0.468 e. The number of amides is 2. The number of nitriles is 1. The first-order valence-corrected chi connectivity index (χ1v) is 11.8. The van der Waals surface area contributed by atoms with E-state index in [1.54, 1.807) is 18.2 Å². The van der Waals surface area contributed by atoms with E-state index in [1.165, 1.54) is 7.11 Å². The van der Waals surface area contributed by atoms with Crippen LogP contribution in [0.5, 0.6) is 0 Å². The Labute approximate surface area is 204 Å². The van der Waals surface area contributed by atoms with E-state index in [2.05, 4.69) is 32.6 Å². The van der Waals surface area contributed by atoms with E-state index in [9.17, 15) is 19.6 Å². The lowest BCUT2D eigenvalue weighted by atomic mass is 9.78. The van der Waals surface area contributed by atoms with Crippen molar-refractivity contribution < 1.29 is 19.1 Å². The summed E-state index contributed by atoms with van der Waals surface area (Å²) in [7, 11) is 1.20. The third-order valence-corrected chi connectivity index (χ3v) is 6.84. The summed E-state index contributed by atoms with van der Waals surface area (Å²) < 4.78 is 5.59. The van der Waals surface area contributed by atoms with Gasteiger partial charge in [0.15, 0.2) is 0 Å². The van der Waals surface area contributed by atoms with Crippen molar-refractivity contribution in [1.82, 2.24) is 5.32 Å². The van der Waals surface area contributed by atoms with Crippen molar-refractivity contribution in [3.63, 3.8) is 0 Å². The molecular formula is C24H22BrN3O4S. The van der Waals surface area contributed by atoms with Crippen molar-refractivity contribution in [2.75, 3.05) is 18.2 Å². The molecule has 0 radical (unpaired) electrons. The van der Waals surface area contributed by atoms with E-state index in [0.29, 0.717) is 11.3 Å². The Hall–Kier alpha value is -3.09. The number of benzene rings is 2. The summed E-state index contributed by atoms with van der Waals surface area (Å²) in [5, 5.41) is 15.6. The van der Waals surface area contributed by atoms with Crippen LogP contribution in [0.3, 0.4) is 0 Å². The first-order valence-electron chi connectivity index (χ1n) is 10.0. The van der Waals surface area contributed by atoms with E-state index in [4.69, 9.17) is 4.74 Å². The number of halogens is 1. The highest BCUT2D eigenvalue weighted by Crippen LogP contribution is 2.40. The molecule has 0 spiro atoms. The average molecular weight is 528 g/mol. The predicted octanol–water partition coefficient (Wildman–Crippen LogP) is 4.18. The fourth-order valence-electron chi connectivity index (χ4n) is 3.50. The predicted molar refractivity (Wildman–Crippen MR) is 130 cm³/mol. The van der Waals surface area contributed by atoms with E-state index in [-0.39, 0.29) is 22.3 Å². The highest BCUT2D eigenvalue weighted by atomic mass is 79.9. The minimum Gasteiger partial charge on any atom is -0.468 e. The Morgan fingerprint density at radius 3 is 2.45 bits per heavy atom. The molecule has 33 heavy (non-hydrogen) atoms. The minimum absolute atomic E-state index is 0.0371. The van der Waals surface area contributed by atoms with Crippen LogP contribution in [0.4, 0.5) is 5.69 Å². The van der Waals surface area contributed by atoms with Crippen LogP contribution in [0.1, 0.15) is 22.6 Å². The van der Waals surface area contributed by atoms with Crippen LogP contribution in [0, 0.1) is 31.1 Å². The number of rotatable bonds is 6. The van der Waals surface area contributed by atoms with Gasteiger partial charge in [-0.1, -0.05) is 47.7 Å². The van der Waals surface area contributed by atoms with Crippen molar-refractivity contribution in [1.29, 1.82) is 5.26 Å². The smallest absolute Gasteiger partial charge is 0.319 e. The molecule has 0 saturated carbocycles. The third-order valence-electron chi connectivity index (χ3n) is 5.17. The van der Waals surface area contributed by atoms with Gasteiger partial charge in [0.25, 0.3) is 0 Å². The van der Waals surface area contributed by atoms with Crippen molar-refractivity contribution in [3.8, 4) is 6.07 Å². The number of hydrogen-bond donors (Lipinski definition) is 2. The van der Waals surface area contributed by atoms with Gasteiger partial charge in [-0.15, -0.1) is 0 Å². The molecule has 0 fully saturated rings. The standard InChI is InChI=1S/C24H22BrN3O4S/c1-13-4-7-15(8-5-13)20-16(11-26)23(28-22(30)21(20)24(31)32-3)33-12-19(29)27-18-9-6-14(2)10-17(18)25/h4-10,20-21H,12H2,1-3H3,(H,27,29)(H,28,30). The number of carbonyl (C=O) groups excluding carboxylic acids is 3. The molecule has 0 aromatic heterocycles. The lowest BCUT2D eigenvalue weighted by molar-refractivity contribution is -0.150. The summed E-state index contributed by atoms with van der Waals surface area (Å²) in [6.07, 6.45) is 0. The molecule has 2 aromatic rings. The lowest BCUT2D eigenvalue weighted by Crippen LogP contribution is -2.44. The normalized spacial score (nSPS) is 17.7. The molecule has 3 rings (SSSR count). The Bertz CT molecular complexity index is 1170. The summed E-state index contributed by atoms with van der Waals surface area (Å²) >= 11 is 4.46. The number of esters is 1. The zero-order valence-corrected chi connectivity index (χ0v) is 20.7. The second-order valence-electron chi connectivity index (χ2n) is 7.55. The van der Waals surface area contributed by atoms with Gasteiger partial charge in [-0.3, -0.25) is 14.4 Å². The summed E-state index contributed by atoms with van der Waals surface area (Å²) in [5.74, 6) is -3.65. The molecule has 170 valence electrons. The molecule has 7 nitrogen and oxygen atoms in total. The van der Waals surface area contributed by atoms with Gasteiger partial charge >= 0.3 is 5.97 Å². The lowest BCUT2D eigenvalue weighted by Gasteiger charge is -2.31. The number of aryl methyl sites for hydroxylation is 2. The first kappa shape index (κ1) is 24.6. The van der Waals surface area contributed by atoms with Crippen LogP contribution in [-0.4, -0.2) is 30.6 Å². The van der Waals surface area contributed by atoms with Gasteiger partial charge in [0.1, 0.15) is 5.92 Å². The molecule has 1 aliphatic heterocycles. The minimum atomic E-state index is -1.20. The second kappa shape index (κ2) is 10.7. The van der Waals surface area contributed by atoms with Crippen molar-refractivity contribution >= 4 is 51.2 Å². The summed E-state index contributed by atoms with van der Waals surface area (Å²) in [6.45, 7) is 3.86. The Balaban J connectivity index is 1.88. The number of allylic oxidation sites excluding steroid dienone is 1. The first-order chi connectivity index (χ1) is 15.7. The van der Waals surface area contributed by atoms with Gasteiger partial charge in [0, 0.05) is 10.4 Å². The molecule has 1 heterocycles. The van der Waals surface area contributed by atoms with Gasteiger partial charge in [0.05, 0.1) is 35.2 Å². The number of thioether (sulfide) groups is 1. The molecule has 2 aromatic carbocycles. The second-order valence-corrected chi connectivity index (χ2v) is 9.39. The topological polar surface area (TPSA) is 108 Å². The molecule has 0 saturated heterocycles. The molecular weight excluding hydrogens is 506 g/mol. The summed E-state index contributed by atoms with van der Waals surface area (Å²) in [6, 6.07) is 15.0. The van der Waals surface area contributed by atoms with Crippen LogP contribution >= 0.6 is 27.7 Å². The monoisotopic (exact) mass is 527 g/mol. The van der Waals surface area contributed by atoms with Crippen LogP contribution in [0.25, 0.3) is 0 Å². The highest BCUT2D eigenvalue weighted by molar-refractivity contribution is 9.10. The maximum absolute atomic E-state index is 12.9. The SMILES string of the molecule is COC(=O)C1C(=O)NC(SCC(=O)Nc2ccc(C)cc2Br)=C(C#N)C1c1ccc(C)cc1. The zero-order valence-electron chi connectivity index (χ0n) is 18.3. The van der Waals surface area contributed by atoms with Gasteiger partial charge in [-0.2, -0.15) is 5.26 Å². The van der Waals surface area contributed by atoms with Crippen LogP contribution in [0.15, 0.2) is 57.5 Å². The number of ether oxygens (including phenoxy) is 1. The van der Waals surface area contributed by atoms with Crippen molar-refractivity contribution in [2.45, 2.75) is 19.8 Å². The molecule has 0 bridgehead atoms. The maximum Gasteiger partial charge on any atom is 0.319 e. The van der Waals surface area contributed by atoms with Gasteiger partial charge in [0.2, 0.25) is 11.8 Å². The van der Waals surface area contributed by atoms with E-state index in [0.717, 1.165) is 27.4 Å². The summed E-state index contributed by atoms with van der Waals surface area (Å²) in [4.78, 5) is 37.8. The van der Waals surface area contributed by atoms with E-state index >= 15 is 0 Å². The number of nitrogens with zero attached hydrogens (tertiary/aromatic N) is 1. The summed E-state index contributed by atoms with van der Waals surface area (Å²) in [5.41, 5.74) is 3.53. The van der Waals surface area contributed by atoms with E-state index in [1.807, 2.05) is 38.1 Å². The quantitative estimate of drug-likeness (QED) is 0.431. The third kappa shape index (κ3) is 5.64. The number of hydrogen-bond acceptors (Lipinski definition) is 6. The Morgan fingerprint density at radius 2 is 1.85 bits per heavy atom. The van der Waals surface area contributed by atoms with Crippen molar-refractivity contribution in [2.24, 2.45) is 5.92 Å². The van der Waals surface area contributed by atoms with Crippen LogP contribution in [0.2, 0.25) is 0 Å². The Kier molecular flexibility index (Phi) is 7.95. The molecule has 2 amide bonds. The zero-order chi connectivity index (χ0) is 24.1. The molecule has 2 unspecified atom stereocenters.